The topological polar surface area (TPSA) is 79.0 Å². The molecular formula is C22H31N3O4. The third-order valence-electron chi connectivity index (χ3n) is 5.77. The second-order valence-corrected chi connectivity index (χ2v) is 8.88. The molecule has 0 saturated carbocycles. The van der Waals surface area contributed by atoms with E-state index < -0.39 is 0 Å². The number of nitrogens with zero attached hydrogens (tertiary/aromatic N) is 2. The number of amides is 3. The van der Waals surface area contributed by atoms with Gasteiger partial charge in [-0.25, -0.2) is 0 Å². The highest BCUT2D eigenvalue weighted by Gasteiger charge is 2.40. The number of nitrogens with one attached hydrogen (secondary N) is 1. The number of hydrogen-bond donors (Lipinski definition) is 1. The molecule has 0 spiro atoms. The van der Waals surface area contributed by atoms with Gasteiger partial charge in [-0.15, -0.1) is 0 Å². The van der Waals surface area contributed by atoms with Crippen LogP contribution in [0.15, 0.2) is 24.3 Å². The summed E-state index contributed by atoms with van der Waals surface area (Å²) in [6.07, 6.45) is 1.71. The Morgan fingerprint density at radius 2 is 1.72 bits per heavy atom. The fourth-order valence-corrected chi connectivity index (χ4v) is 3.99. The Morgan fingerprint density at radius 3 is 2.24 bits per heavy atom. The molecule has 0 aromatic heterocycles. The number of ether oxygens (including phenoxy) is 1. The van der Waals surface area contributed by atoms with Crippen molar-refractivity contribution in [1.82, 2.24) is 15.1 Å². The Bertz CT molecular complexity index is 761. The molecule has 2 saturated heterocycles. The lowest BCUT2D eigenvalue weighted by atomic mass is 10.0. The van der Waals surface area contributed by atoms with Crippen molar-refractivity contribution in [2.24, 2.45) is 5.92 Å². The van der Waals surface area contributed by atoms with E-state index in [1.54, 1.807) is 36.3 Å². The summed E-state index contributed by atoms with van der Waals surface area (Å²) in [5.74, 6) is 0.418. The third-order valence-corrected chi connectivity index (χ3v) is 5.77. The van der Waals surface area contributed by atoms with Crippen molar-refractivity contribution in [3.63, 3.8) is 0 Å². The van der Waals surface area contributed by atoms with Crippen molar-refractivity contribution >= 4 is 17.7 Å². The molecule has 2 fully saturated rings. The fraction of sp³-hybridized carbons (Fsp3) is 0.591. The molecule has 158 valence electrons. The molecule has 1 N–H and O–H groups in total. The highest BCUT2D eigenvalue weighted by Crippen LogP contribution is 2.26. The van der Waals surface area contributed by atoms with E-state index in [2.05, 4.69) is 5.32 Å². The summed E-state index contributed by atoms with van der Waals surface area (Å²) < 4.78 is 5.13. The van der Waals surface area contributed by atoms with Gasteiger partial charge in [0.15, 0.2) is 0 Å². The summed E-state index contributed by atoms with van der Waals surface area (Å²) in [6.45, 7) is 7.65. The average molecular weight is 402 g/mol. The maximum Gasteiger partial charge on any atom is 0.253 e. The first kappa shape index (κ1) is 21.1. The number of benzene rings is 1. The zero-order chi connectivity index (χ0) is 21.2. The zero-order valence-electron chi connectivity index (χ0n) is 17.7. The van der Waals surface area contributed by atoms with Gasteiger partial charge in [0, 0.05) is 43.2 Å². The van der Waals surface area contributed by atoms with E-state index in [0.717, 1.165) is 18.6 Å². The molecule has 7 nitrogen and oxygen atoms in total. The van der Waals surface area contributed by atoms with E-state index in [0.29, 0.717) is 25.2 Å². The van der Waals surface area contributed by atoms with Gasteiger partial charge < -0.3 is 19.9 Å². The Morgan fingerprint density at radius 1 is 1.10 bits per heavy atom. The largest absolute Gasteiger partial charge is 0.497 e. The predicted molar refractivity (Wildman–Crippen MR) is 110 cm³/mol. The second kappa shape index (κ2) is 8.43. The van der Waals surface area contributed by atoms with Gasteiger partial charge in [0.1, 0.15) is 5.75 Å². The molecular weight excluding hydrogens is 370 g/mol. The third kappa shape index (κ3) is 4.89. The second-order valence-electron chi connectivity index (χ2n) is 8.88. The minimum atomic E-state index is -0.291. The fourth-order valence-electron chi connectivity index (χ4n) is 3.99. The van der Waals surface area contributed by atoms with Gasteiger partial charge in [0.25, 0.3) is 5.91 Å². The van der Waals surface area contributed by atoms with Gasteiger partial charge in [0.2, 0.25) is 11.8 Å². The number of likely N-dealkylation sites (tertiary alicyclic amines) is 2. The summed E-state index contributed by atoms with van der Waals surface area (Å²) in [5.41, 5.74) is 0.374. The van der Waals surface area contributed by atoms with Crippen LogP contribution in [0.25, 0.3) is 0 Å². The normalized spacial score (nSPS) is 20.7. The smallest absolute Gasteiger partial charge is 0.253 e. The van der Waals surface area contributed by atoms with Gasteiger partial charge in [-0.2, -0.15) is 0 Å². The van der Waals surface area contributed by atoms with Crippen LogP contribution in [-0.4, -0.2) is 65.8 Å². The Balaban J connectivity index is 1.49. The van der Waals surface area contributed by atoms with Gasteiger partial charge >= 0.3 is 0 Å². The van der Waals surface area contributed by atoms with E-state index in [-0.39, 0.29) is 41.6 Å². The standard InChI is InChI=1S/C22H31N3O4/c1-22(2,3)25-14-16(13-19(25)26)20(27)23-17-9-11-24(12-10-17)21(28)15-5-7-18(29-4)8-6-15/h5-8,16-17H,9-14H2,1-4H3,(H,23,27). The van der Waals surface area contributed by atoms with E-state index in [4.69, 9.17) is 4.74 Å². The Kier molecular flexibility index (Phi) is 6.15. The van der Waals surface area contributed by atoms with Crippen LogP contribution in [0.2, 0.25) is 0 Å². The van der Waals surface area contributed by atoms with Crippen molar-refractivity contribution < 1.29 is 19.1 Å². The van der Waals surface area contributed by atoms with Gasteiger partial charge in [-0.3, -0.25) is 14.4 Å². The van der Waals surface area contributed by atoms with Crippen molar-refractivity contribution in [2.75, 3.05) is 26.7 Å². The highest BCUT2D eigenvalue weighted by molar-refractivity contribution is 5.94. The molecule has 3 rings (SSSR count). The molecule has 0 radical (unpaired) electrons. The molecule has 1 unspecified atom stereocenters. The van der Waals surface area contributed by atoms with Crippen LogP contribution in [0, 0.1) is 5.92 Å². The van der Waals surface area contributed by atoms with E-state index >= 15 is 0 Å². The van der Waals surface area contributed by atoms with Crippen LogP contribution in [0.4, 0.5) is 0 Å². The van der Waals surface area contributed by atoms with Crippen LogP contribution in [0.5, 0.6) is 5.75 Å². The molecule has 2 heterocycles. The maximum atomic E-state index is 12.7. The van der Waals surface area contributed by atoms with Gasteiger partial charge in [-0.1, -0.05) is 0 Å². The van der Waals surface area contributed by atoms with Crippen molar-refractivity contribution in [2.45, 2.75) is 51.6 Å². The number of rotatable bonds is 4. The zero-order valence-corrected chi connectivity index (χ0v) is 17.7. The minimum Gasteiger partial charge on any atom is -0.497 e. The molecule has 0 aliphatic carbocycles. The maximum absolute atomic E-state index is 12.7. The van der Waals surface area contributed by atoms with Gasteiger partial charge in [-0.05, 0) is 57.9 Å². The molecule has 1 aromatic rings. The molecule has 0 bridgehead atoms. The quantitative estimate of drug-likeness (QED) is 0.838. The lowest BCUT2D eigenvalue weighted by Crippen LogP contribution is -2.48. The van der Waals surface area contributed by atoms with Gasteiger partial charge in [0.05, 0.1) is 13.0 Å². The number of carbonyl (C=O) groups is 3. The van der Waals surface area contributed by atoms with E-state index in [1.807, 2.05) is 25.7 Å². The van der Waals surface area contributed by atoms with Crippen molar-refractivity contribution in [3.8, 4) is 5.75 Å². The predicted octanol–water partition coefficient (Wildman–Crippen LogP) is 2.06. The van der Waals surface area contributed by atoms with E-state index in [1.165, 1.54) is 0 Å². The summed E-state index contributed by atoms with van der Waals surface area (Å²) in [5, 5.41) is 3.10. The summed E-state index contributed by atoms with van der Waals surface area (Å²) in [4.78, 5) is 41.1. The molecule has 2 aliphatic heterocycles. The lowest BCUT2D eigenvalue weighted by Gasteiger charge is -2.33. The Labute approximate surface area is 172 Å². The molecule has 2 aliphatic rings. The first-order chi connectivity index (χ1) is 13.7. The van der Waals surface area contributed by atoms with E-state index in [9.17, 15) is 14.4 Å². The van der Waals surface area contributed by atoms with Crippen molar-refractivity contribution in [3.05, 3.63) is 29.8 Å². The number of piperidine rings is 1. The molecule has 1 aromatic carbocycles. The highest BCUT2D eigenvalue weighted by atomic mass is 16.5. The molecule has 29 heavy (non-hydrogen) atoms. The SMILES string of the molecule is COc1ccc(C(=O)N2CCC(NC(=O)C3CC(=O)N(C(C)(C)C)C3)CC2)cc1. The molecule has 3 amide bonds. The summed E-state index contributed by atoms with van der Waals surface area (Å²) in [6, 6.07) is 7.15. The summed E-state index contributed by atoms with van der Waals surface area (Å²) >= 11 is 0. The average Bonchev–Trinajstić information content (AvgIpc) is 3.10. The monoisotopic (exact) mass is 401 g/mol. The van der Waals surface area contributed by atoms with Crippen LogP contribution >= 0.6 is 0 Å². The number of hydrogen-bond acceptors (Lipinski definition) is 4. The first-order valence-electron chi connectivity index (χ1n) is 10.2. The Hall–Kier alpha value is -2.57. The number of methoxy groups -OCH3 is 1. The summed E-state index contributed by atoms with van der Waals surface area (Å²) in [7, 11) is 1.60. The lowest BCUT2D eigenvalue weighted by molar-refractivity contribution is -0.132. The minimum absolute atomic E-state index is 0.000335. The van der Waals surface area contributed by atoms with Crippen LogP contribution in [0.3, 0.4) is 0 Å². The molecule has 1 atom stereocenters. The van der Waals surface area contributed by atoms with Crippen LogP contribution in [0.1, 0.15) is 50.4 Å². The first-order valence-corrected chi connectivity index (χ1v) is 10.2. The number of carbonyl (C=O) groups excluding carboxylic acids is 3. The molecule has 7 heteroatoms. The van der Waals surface area contributed by atoms with Crippen molar-refractivity contribution in [1.29, 1.82) is 0 Å². The van der Waals surface area contributed by atoms with Crippen LogP contribution in [-0.2, 0) is 9.59 Å². The van der Waals surface area contributed by atoms with Crippen LogP contribution < -0.4 is 10.1 Å².